The molecule has 1 aromatic rings. The molecule has 1 N–H and O–H groups in total. The molecule has 1 atom stereocenters. The zero-order valence-electron chi connectivity index (χ0n) is 14.4. The molecule has 0 saturated carbocycles. The van der Waals surface area contributed by atoms with Crippen LogP contribution in [0.4, 0.5) is 0 Å². The third-order valence-corrected chi connectivity index (χ3v) is 1.83. The summed E-state index contributed by atoms with van der Waals surface area (Å²) >= 11 is 0. The van der Waals surface area contributed by atoms with E-state index in [0.29, 0.717) is 0 Å². The minimum atomic E-state index is -0.192. The Balaban J connectivity index is -0.000000260. The maximum Gasteiger partial charge on any atom is 0.155 e. The summed E-state index contributed by atoms with van der Waals surface area (Å²) in [4.78, 5) is 24.5. The summed E-state index contributed by atoms with van der Waals surface area (Å²) in [5, 5.41) is 12.2. The van der Waals surface area contributed by atoms with E-state index in [-0.39, 0.29) is 23.4 Å². The van der Waals surface area contributed by atoms with Crippen LogP contribution in [0.15, 0.2) is 24.5 Å². The summed E-state index contributed by atoms with van der Waals surface area (Å²) in [6.45, 7) is 14.2. The van der Waals surface area contributed by atoms with Gasteiger partial charge in [-0.05, 0) is 27.7 Å². The van der Waals surface area contributed by atoms with Crippen molar-refractivity contribution in [2.75, 3.05) is 0 Å². The molecule has 0 radical (unpaired) electrons. The Kier molecular flexibility index (Phi) is 18.4. The topological polar surface area (TPSA) is 85.1 Å². The minimum Gasteiger partial charge on any atom is -0.512 e. The van der Waals surface area contributed by atoms with Gasteiger partial charge in [-0.15, -0.1) is 0 Å². The van der Waals surface area contributed by atoms with Gasteiger partial charge < -0.3 is 5.11 Å². The summed E-state index contributed by atoms with van der Waals surface area (Å²) < 4.78 is 1.53. The van der Waals surface area contributed by atoms with Crippen molar-refractivity contribution in [1.82, 2.24) is 14.8 Å². The van der Waals surface area contributed by atoms with Gasteiger partial charge in [-0.1, -0.05) is 27.7 Å². The lowest BCUT2D eigenvalue weighted by molar-refractivity contribution is -0.120. The van der Waals surface area contributed by atoms with Gasteiger partial charge in [0.05, 0.1) is 5.76 Å². The predicted molar refractivity (Wildman–Crippen MR) is 85.2 cm³/mol. The SMILES string of the molecule is CC.CC.CC(=O)/C=C(/C)O.CC(=O)C(C)n1cncn1. The summed E-state index contributed by atoms with van der Waals surface area (Å²) in [5.41, 5.74) is 0. The first-order chi connectivity index (χ1) is 9.84. The third kappa shape index (κ3) is 16.0. The second-order valence-corrected chi connectivity index (χ2v) is 3.56. The molecule has 0 amide bonds. The van der Waals surface area contributed by atoms with Gasteiger partial charge in [0, 0.05) is 6.08 Å². The molecular weight excluding hydrogens is 270 g/mol. The summed E-state index contributed by atoms with van der Waals surface area (Å²) in [6.07, 6.45) is 4.12. The molecule has 21 heavy (non-hydrogen) atoms. The van der Waals surface area contributed by atoms with Crippen molar-refractivity contribution in [2.45, 2.75) is 61.4 Å². The highest BCUT2D eigenvalue weighted by Gasteiger charge is 2.08. The van der Waals surface area contributed by atoms with Crippen LogP contribution in [0.3, 0.4) is 0 Å². The van der Waals surface area contributed by atoms with E-state index in [1.807, 2.05) is 27.7 Å². The Labute approximate surface area is 127 Å². The molecule has 1 rings (SSSR count). The number of rotatable bonds is 3. The summed E-state index contributed by atoms with van der Waals surface area (Å²) in [6, 6.07) is -0.192. The lowest BCUT2D eigenvalue weighted by Gasteiger charge is -2.04. The number of Topliss-reactive ketones (excluding diaryl/α,β-unsaturated/α-hetero) is 1. The van der Waals surface area contributed by atoms with Crippen LogP contribution in [0.1, 0.15) is 61.4 Å². The summed E-state index contributed by atoms with van der Waals surface area (Å²) in [5.74, 6) is 0.0259. The van der Waals surface area contributed by atoms with Crippen LogP contribution in [0, 0.1) is 0 Å². The smallest absolute Gasteiger partial charge is 0.155 e. The molecule has 1 aromatic heterocycles. The Morgan fingerprint density at radius 2 is 1.62 bits per heavy atom. The fourth-order valence-corrected chi connectivity index (χ4v) is 0.898. The van der Waals surface area contributed by atoms with Crippen molar-refractivity contribution in [2.24, 2.45) is 0 Å². The standard InChI is InChI=1S/C6H9N3O.C5H8O2.2C2H6/c1-5(6(2)10)9-4-7-3-8-9;1-4(6)3-5(2)7;2*1-2/h3-5H,1-2H3;3,6H,1-2H3;2*1-2H3/b;4-3-;;. The van der Waals surface area contributed by atoms with Crippen molar-refractivity contribution >= 4 is 11.6 Å². The van der Waals surface area contributed by atoms with E-state index in [1.54, 1.807) is 6.92 Å². The van der Waals surface area contributed by atoms with E-state index in [4.69, 9.17) is 5.11 Å². The van der Waals surface area contributed by atoms with Crippen molar-refractivity contribution in [3.63, 3.8) is 0 Å². The minimum absolute atomic E-state index is 0.0625. The monoisotopic (exact) mass is 299 g/mol. The van der Waals surface area contributed by atoms with Crippen LogP contribution in [-0.4, -0.2) is 31.4 Å². The number of aliphatic hydroxyl groups is 1. The molecule has 0 aliphatic rings. The third-order valence-electron chi connectivity index (χ3n) is 1.83. The molecule has 0 aliphatic heterocycles. The fraction of sp³-hybridized carbons (Fsp3) is 0.600. The van der Waals surface area contributed by atoms with Crippen molar-refractivity contribution < 1.29 is 14.7 Å². The lowest BCUT2D eigenvalue weighted by atomic mass is 10.2. The van der Waals surface area contributed by atoms with E-state index >= 15 is 0 Å². The van der Waals surface area contributed by atoms with Gasteiger partial charge in [0.25, 0.3) is 0 Å². The van der Waals surface area contributed by atoms with Crippen LogP contribution in [-0.2, 0) is 9.59 Å². The van der Waals surface area contributed by atoms with Crippen LogP contribution < -0.4 is 0 Å². The van der Waals surface area contributed by atoms with E-state index in [9.17, 15) is 9.59 Å². The Morgan fingerprint density at radius 3 is 1.81 bits per heavy atom. The highest BCUT2D eigenvalue weighted by Crippen LogP contribution is 2.01. The number of carbonyl (C=O) groups is 2. The van der Waals surface area contributed by atoms with Crippen molar-refractivity contribution in [1.29, 1.82) is 0 Å². The van der Waals surface area contributed by atoms with Gasteiger partial charge in [-0.2, -0.15) is 5.10 Å². The molecule has 1 heterocycles. The van der Waals surface area contributed by atoms with E-state index < -0.39 is 0 Å². The molecular formula is C15H29N3O3. The van der Waals surface area contributed by atoms with Gasteiger partial charge in [-0.3, -0.25) is 9.59 Å². The van der Waals surface area contributed by atoms with Gasteiger partial charge in [0.1, 0.15) is 18.7 Å². The van der Waals surface area contributed by atoms with Gasteiger partial charge in [-0.25, -0.2) is 9.67 Å². The number of aromatic nitrogens is 3. The summed E-state index contributed by atoms with van der Waals surface area (Å²) in [7, 11) is 0. The van der Waals surface area contributed by atoms with Crippen LogP contribution in [0.25, 0.3) is 0 Å². The van der Waals surface area contributed by atoms with E-state index in [1.165, 1.54) is 44.2 Å². The van der Waals surface area contributed by atoms with Gasteiger partial charge in [0.15, 0.2) is 11.6 Å². The average molecular weight is 299 g/mol. The maximum atomic E-state index is 10.8. The van der Waals surface area contributed by atoms with Gasteiger partial charge in [0.2, 0.25) is 0 Å². The highest BCUT2D eigenvalue weighted by molar-refractivity contribution is 5.87. The van der Waals surface area contributed by atoms with Crippen LogP contribution in [0.5, 0.6) is 0 Å². The number of hydrogen-bond acceptors (Lipinski definition) is 5. The number of ketones is 2. The maximum absolute atomic E-state index is 10.8. The largest absolute Gasteiger partial charge is 0.512 e. The Morgan fingerprint density at radius 1 is 1.14 bits per heavy atom. The first kappa shape index (κ1) is 24.1. The average Bonchev–Trinajstić information content (AvgIpc) is 2.95. The van der Waals surface area contributed by atoms with Crippen LogP contribution in [0.2, 0.25) is 0 Å². The van der Waals surface area contributed by atoms with E-state index in [0.717, 1.165) is 0 Å². The predicted octanol–water partition coefficient (Wildman–Crippen LogP) is 3.52. The van der Waals surface area contributed by atoms with Gasteiger partial charge >= 0.3 is 0 Å². The quantitative estimate of drug-likeness (QED) is 0.681. The molecule has 0 aliphatic carbocycles. The molecule has 0 fully saturated rings. The fourth-order valence-electron chi connectivity index (χ4n) is 0.898. The molecule has 122 valence electrons. The normalized spacial score (nSPS) is 10.6. The number of aliphatic hydroxyl groups excluding tert-OH is 1. The van der Waals surface area contributed by atoms with E-state index in [2.05, 4.69) is 10.1 Å². The Bertz CT molecular complexity index is 394. The van der Waals surface area contributed by atoms with Crippen molar-refractivity contribution in [3.8, 4) is 0 Å². The molecule has 0 bridgehead atoms. The molecule has 0 aromatic carbocycles. The number of carbonyl (C=O) groups excluding carboxylic acids is 2. The molecule has 6 heteroatoms. The zero-order chi connectivity index (χ0) is 17.4. The molecule has 6 nitrogen and oxygen atoms in total. The first-order valence-corrected chi connectivity index (χ1v) is 7.07. The Hall–Kier alpha value is -1.98. The molecule has 0 saturated heterocycles. The zero-order valence-corrected chi connectivity index (χ0v) is 14.4. The lowest BCUT2D eigenvalue weighted by Crippen LogP contribution is -2.13. The highest BCUT2D eigenvalue weighted by atomic mass is 16.3. The first-order valence-electron chi connectivity index (χ1n) is 7.07. The second kappa shape index (κ2) is 16.1. The number of hydrogen-bond donors (Lipinski definition) is 1. The van der Waals surface area contributed by atoms with Crippen molar-refractivity contribution in [3.05, 3.63) is 24.5 Å². The molecule has 0 spiro atoms. The van der Waals surface area contributed by atoms with Crippen LogP contribution >= 0.6 is 0 Å². The number of nitrogens with zero attached hydrogens (tertiary/aromatic N) is 3. The number of allylic oxidation sites excluding steroid dienone is 2. The second-order valence-electron chi connectivity index (χ2n) is 3.56. The molecule has 1 unspecified atom stereocenters.